The fourth-order valence-corrected chi connectivity index (χ4v) is 3.16. The maximum Gasteiger partial charge on any atom is 0.243 e. The van der Waals surface area contributed by atoms with Crippen LogP contribution in [0, 0.1) is 6.92 Å². The van der Waals surface area contributed by atoms with E-state index in [-0.39, 0.29) is 17.1 Å². The van der Waals surface area contributed by atoms with Crippen LogP contribution in [0.5, 0.6) is 0 Å². The molecule has 106 valence electrons. The molecule has 20 heavy (non-hydrogen) atoms. The lowest BCUT2D eigenvalue weighted by atomic mass is 10.3. The Morgan fingerprint density at radius 2 is 2.05 bits per heavy atom. The predicted molar refractivity (Wildman–Crippen MR) is 79.3 cm³/mol. The summed E-state index contributed by atoms with van der Waals surface area (Å²) in [6.07, 6.45) is 3.11. The van der Waals surface area contributed by atoms with E-state index in [9.17, 15) is 8.42 Å². The second-order valence-corrected chi connectivity index (χ2v) is 6.81. The van der Waals surface area contributed by atoms with Gasteiger partial charge >= 0.3 is 0 Å². The fourth-order valence-electron chi connectivity index (χ4n) is 1.50. The number of nitrogen functional groups attached to an aromatic ring is 1. The molecule has 0 bridgehead atoms. The smallest absolute Gasteiger partial charge is 0.243 e. The molecule has 0 aliphatic rings. The number of nitrogens with one attached hydrogen (secondary N) is 1. The molecule has 0 saturated carbocycles. The minimum Gasteiger partial charge on any atom is -0.398 e. The van der Waals surface area contributed by atoms with Gasteiger partial charge < -0.3 is 5.73 Å². The molecular formula is C12H13BrN4O2S. The topological polar surface area (TPSA) is 98.0 Å². The average Bonchev–Trinajstić information content (AvgIpc) is 2.41. The summed E-state index contributed by atoms with van der Waals surface area (Å²) in [6.45, 7) is 1.87. The summed E-state index contributed by atoms with van der Waals surface area (Å²) >= 11 is 3.22. The van der Waals surface area contributed by atoms with Crippen molar-refractivity contribution in [2.24, 2.45) is 0 Å². The number of hydrogen-bond donors (Lipinski definition) is 2. The number of aromatic nitrogens is 2. The van der Waals surface area contributed by atoms with Gasteiger partial charge in [0.25, 0.3) is 0 Å². The molecule has 3 N–H and O–H groups in total. The van der Waals surface area contributed by atoms with E-state index in [1.807, 2.05) is 6.92 Å². The molecule has 0 spiro atoms. The van der Waals surface area contributed by atoms with Crippen LogP contribution in [0.1, 0.15) is 11.4 Å². The molecule has 0 saturated heterocycles. The second kappa shape index (κ2) is 5.86. The van der Waals surface area contributed by atoms with Crippen molar-refractivity contribution in [2.75, 3.05) is 5.73 Å². The maximum absolute atomic E-state index is 12.2. The number of aryl methyl sites for hydroxylation is 1. The van der Waals surface area contributed by atoms with Gasteiger partial charge in [0.1, 0.15) is 4.90 Å². The van der Waals surface area contributed by atoms with Crippen LogP contribution in [-0.4, -0.2) is 18.4 Å². The van der Waals surface area contributed by atoms with E-state index < -0.39 is 10.0 Å². The number of hydrogen-bond acceptors (Lipinski definition) is 5. The van der Waals surface area contributed by atoms with Gasteiger partial charge in [-0.25, -0.2) is 13.1 Å². The number of nitrogens with two attached hydrogens (primary N) is 1. The Morgan fingerprint density at radius 1 is 1.30 bits per heavy atom. The number of rotatable bonds is 4. The van der Waals surface area contributed by atoms with Crippen LogP contribution in [0.3, 0.4) is 0 Å². The zero-order valence-corrected chi connectivity index (χ0v) is 13.1. The van der Waals surface area contributed by atoms with Crippen LogP contribution in [0.15, 0.2) is 40.0 Å². The van der Waals surface area contributed by atoms with Crippen LogP contribution in [0.2, 0.25) is 0 Å². The lowest BCUT2D eigenvalue weighted by molar-refractivity contribution is 0.580. The van der Waals surface area contributed by atoms with Crippen LogP contribution in [0.4, 0.5) is 5.69 Å². The third kappa shape index (κ3) is 3.53. The highest BCUT2D eigenvalue weighted by Crippen LogP contribution is 2.22. The van der Waals surface area contributed by atoms with E-state index in [1.165, 1.54) is 18.3 Å². The number of anilines is 1. The number of benzene rings is 1. The summed E-state index contributed by atoms with van der Waals surface area (Å²) in [4.78, 5) is 8.17. The highest BCUT2D eigenvalue weighted by atomic mass is 79.9. The molecule has 2 aromatic rings. The average molecular weight is 357 g/mol. The van der Waals surface area contributed by atoms with E-state index >= 15 is 0 Å². The van der Waals surface area contributed by atoms with Crippen molar-refractivity contribution in [1.82, 2.24) is 14.7 Å². The molecule has 0 radical (unpaired) electrons. The largest absolute Gasteiger partial charge is 0.398 e. The Hall–Kier alpha value is -1.51. The highest BCUT2D eigenvalue weighted by Gasteiger charge is 2.17. The van der Waals surface area contributed by atoms with E-state index in [4.69, 9.17) is 5.73 Å². The standard InChI is InChI=1S/C12H13BrN4O2S/c1-8-5-16-10(6-15-8)7-17-20(18,19)12-4-9(13)2-3-11(12)14/h2-6,17H,7,14H2,1H3. The summed E-state index contributed by atoms with van der Waals surface area (Å²) in [7, 11) is -3.69. The first kappa shape index (κ1) is 14.9. The summed E-state index contributed by atoms with van der Waals surface area (Å²) < 4.78 is 27.5. The van der Waals surface area contributed by atoms with Gasteiger partial charge in [-0.3, -0.25) is 9.97 Å². The molecule has 0 aliphatic heterocycles. The Morgan fingerprint density at radius 3 is 2.70 bits per heavy atom. The number of sulfonamides is 1. The van der Waals surface area contributed by atoms with E-state index in [0.717, 1.165) is 5.69 Å². The van der Waals surface area contributed by atoms with Gasteiger partial charge in [-0.1, -0.05) is 15.9 Å². The van der Waals surface area contributed by atoms with Crippen molar-refractivity contribution in [3.8, 4) is 0 Å². The molecule has 8 heteroatoms. The maximum atomic E-state index is 12.2. The molecule has 0 unspecified atom stereocenters. The first-order valence-electron chi connectivity index (χ1n) is 5.71. The molecule has 0 atom stereocenters. The minimum absolute atomic E-state index is 0.0342. The van der Waals surface area contributed by atoms with Crippen molar-refractivity contribution in [1.29, 1.82) is 0 Å². The normalized spacial score (nSPS) is 11.5. The van der Waals surface area contributed by atoms with Gasteiger partial charge in [0, 0.05) is 10.7 Å². The minimum atomic E-state index is -3.69. The van der Waals surface area contributed by atoms with Gasteiger partial charge in [-0.05, 0) is 25.1 Å². The first-order chi connectivity index (χ1) is 9.38. The second-order valence-electron chi connectivity index (χ2n) is 4.16. The first-order valence-corrected chi connectivity index (χ1v) is 7.98. The number of halogens is 1. The third-order valence-electron chi connectivity index (χ3n) is 2.54. The molecule has 1 aromatic carbocycles. The molecular weight excluding hydrogens is 344 g/mol. The van der Waals surface area contributed by atoms with Gasteiger partial charge in [0.05, 0.1) is 29.8 Å². The third-order valence-corrected chi connectivity index (χ3v) is 4.49. The van der Waals surface area contributed by atoms with Crippen LogP contribution in [-0.2, 0) is 16.6 Å². The Bertz CT molecular complexity index is 717. The molecule has 1 heterocycles. The van der Waals surface area contributed by atoms with E-state index in [1.54, 1.807) is 12.3 Å². The van der Waals surface area contributed by atoms with Crippen molar-refractivity contribution in [3.63, 3.8) is 0 Å². The van der Waals surface area contributed by atoms with E-state index in [2.05, 4.69) is 30.6 Å². The quantitative estimate of drug-likeness (QED) is 0.810. The molecule has 6 nitrogen and oxygen atoms in total. The van der Waals surface area contributed by atoms with Crippen molar-refractivity contribution in [2.45, 2.75) is 18.4 Å². The molecule has 0 aliphatic carbocycles. The lowest BCUT2D eigenvalue weighted by Crippen LogP contribution is -2.24. The summed E-state index contributed by atoms with van der Waals surface area (Å²) in [5.41, 5.74) is 7.19. The zero-order valence-electron chi connectivity index (χ0n) is 10.7. The van der Waals surface area contributed by atoms with E-state index in [0.29, 0.717) is 10.2 Å². The zero-order chi connectivity index (χ0) is 14.8. The van der Waals surface area contributed by atoms with Gasteiger partial charge in [-0.2, -0.15) is 0 Å². The van der Waals surface area contributed by atoms with Crippen molar-refractivity contribution in [3.05, 3.63) is 46.5 Å². The Kier molecular flexibility index (Phi) is 4.36. The molecule has 1 aromatic heterocycles. The van der Waals surface area contributed by atoms with Crippen LogP contribution in [0.25, 0.3) is 0 Å². The van der Waals surface area contributed by atoms with Crippen LogP contribution < -0.4 is 10.5 Å². The Labute approximate surface area is 125 Å². The Balaban J connectivity index is 2.19. The number of nitrogens with zero attached hydrogens (tertiary/aromatic N) is 2. The SMILES string of the molecule is Cc1cnc(CNS(=O)(=O)c2cc(Br)ccc2N)cn1. The molecule has 0 fully saturated rings. The predicted octanol–water partition coefficient (Wildman–Crippen LogP) is 1.61. The highest BCUT2D eigenvalue weighted by molar-refractivity contribution is 9.10. The van der Waals surface area contributed by atoms with Crippen LogP contribution >= 0.6 is 15.9 Å². The van der Waals surface area contributed by atoms with Crippen molar-refractivity contribution < 1.29 is 8.42 Å². The lowest BCUT2D eigenvalue weighted by Gasteiger charge is -2.09. The van der Waals surface area contributed by atoms with Gasteiger partial charge in [-0.15, -0.1) is 0 Å². The fraction of sp³-hybridized carbons (Fsp3) is 0.167. The molecule has 2 rings (SSSR count). The summed E-state index contributed by atoms with van der Waals surface area (Å²) in [6, 6.07) is 4.67. The van der Waals surface area contributed by atoms with Gasteiger partial charge in [0.15, 0.2) is 0 Å². The molecule has 0 amide bonds. The summed E-state index contributed by atoms with van der Waals surface area (Å²) in [5.74, 6) is 0. The monoisotopic (exact) mass is 356 g/mol. The van der Waals surface area contributed by atoms with Gasteiger partial charge in [0.2, 0.25) is 10.0 Å². The van der Waals surface area contributed by atoms with Crippen molar-refractivity contribution >= 4 is 31.6 Å². The summed E-state index contributed by atoms with van der Waals surface area (Å²) in [5, 5.41) is 0.